The molecule has 0 radical (unpaired) electrons. The maximum atomic E-state index is 12.7. The molecule has 28 heavy (non-hydrogen) atoms. The summed E-state index contributed by atoms with van der Waals surface area (Å²) in [6.45, 7) is 1.39. The van der Waals surface area contributed by atoms with Crippen LogP contribution in [-0.2, 0) is 14.8 Å². The number of benzene rings is 2. The minimum atomic E-state index is -3.84. The van der Waals surface area contributed by atoms with Gasteiger partial charge in [-0.2, -0.15) is 0 Å². The number of nitro groups is 1. The van der Waals surface area contributed by atoms with Crippen molar-refractivity contribution in [2.75, 3.05) is 23.0 Å². The summed E-state index contributed by atoms with van der Waals surface area (Å²) < 4.78 is 30.7. The molecule has 1 atom stereocenters. The number of sulfonamides is 1. The number of methoxy groups -OCH3 is 1. The Morgan fingerprint density at radius 2 is 1.96 bits per heavy atom. The molecule has 2 aromatic carbocycles. The Hall–Kier alpha value is -2.85. The molecule has 0 saturated carbocycles. The number of hydrogen-bond donors (Lipinski definition) is 1. The number of anilines is 2. The van der Waals surface area contributed by atoms with Gasteiger partial charge in [-0.25, -0.2) is 8.42 Å². The Bertz CT molecular complexity index is 1010. The predicted molar refractivity (Wildman–Crippen MR) is 107 cm³/mol. The predicted octanol–water partition coefficient (Wildman–Crippen LogP) is 3.05. The van der Waals surface area contributed by atoms with Gasteiger partial charge in [0.05, 0.1) is 34.7 Å². The molecule has 1 amide bonds. The Morgan fingerprint density at radius 3 is 2.54 bits per heavy atom. The standard InChI is InChI=1S/C17H18ClN3O6S/c1-11(17(22)19-16-10-13(21(23)24)7-8-15(16)18)20(28(3,25)26)12-5-4-6-14(9-12)27-2/h4-11H,1-3H3,(H,19,22)/t11-/m1/s1. The lowest BCUT2D eigenvalue weighted by Gasteiger charge is -2.28. The Labute approximate surface area is 167 Å². The zero-order valence-electron chi connectivity index (χ0n) is 15.2. The van der Waals surface area contributed by atoms with Crippen molar-refractivity contribution in [1.29, 1.82) is 0 Å². The minimum absolute atomic E-state index is 0.00631. The van der Waals surface area contributed by atoms with Crippen molar-refractivity contribution in [2.45, 2.75) is 13.0 Å². The van der Waals surface area contributed by atoms with E-state index in [4.69, 9.17) is 16.3 Å². The minimum Gasteiger partial charge on any atom is -0.497 e. The van der Waals surface area contributed by atoms with Crippen LogP contribution in [-0.4, -0.2) is 38.7 Å². The average Bonchev–Trinajstić information content (AvgIpc) is 2.62. The smallest absolute Gasteiger partial charge is 0.271 e. The van der Waals surface area contributed by atoms with E-state index in [0.717, 1.165) is 16.6 Å². The van der Waals surface area contributed by atoms with E-state index >= 15 is 0 Å². The molecule has 0 unspecified atom stereocenters. The number of rotatable bonds is 7. The zero-order valence-corrected chi connectivity index (χ0v) is 16.8. The third-order valence-electron chi connectivity index (χ3n) is 3.81. The van der Waals surface area contributed by atoms with Gasteiger partial charge >= 0.3 is 0 Å². The van der Waals surface area contributed by atoms with Crippen molar-refractivity contribution in [3.63, 3.8) is 0 Å². The molecule has 0 heterocycles. The molecular weight excluding hydrogens is 410 g/mol. The highest BCUT2D eigenvalue weighted by atomic mass is 35.5. The molecule has 2 aromatic rings. The van der Waals surface area contributed by atoms with Crippen molar-refractivity contribution in [2.24, 2.45) is 0 Å². The van der Waals surface area contributed by atoms with Gasteiger partial charge in [-0.05, 0) is 25.1 Å². The number of nitro benzene ring substituents is 1. The number of carbonyl (C=O) groups is 1. The van der Waals surface area contributed by atoms with Crippen LogP contribution in [0.15, 0.2) is 42.5 Å². The molecule has 0 saturated heterocycles. The monoisotopic (exact) mass is 427 g/mol. The van der Waals surface area contributed by atoms with Gasteiger partial charge in [-0.1, -0.05) is 17.7 Å². The molecule has 0 spiro atoms. The first-order valence-electron chi connectivity index (χ1n) is 7.93. The van der Waals surface area contributed by atoms with E-state index in [1.807, 2.05) is 0 Å². The molecule has 0 fully saturated rings. The van der Waals surface area contributed by atoms with Gasteiger partial charge < -0.3 is 10.1 Å². The summed E-state index contributed by atoms with van der Waals surface area (Å²) in [5, 5.41) is 13.4. The molecule has 0 bridgehead atoms. The van der Waals surface area contributed by atoms with E-state index in [2.05, 4.69) is 5.32 Å². The van der Waals surface area contributed by atoms with Crippen LogP contribution in [0.1, 0.15) is 6.92 Å². The normalized spacial score (nSPS) is 12.1. The van der Waals surface area contributed by atoms with E-state index in [9.17, 15) is 23.3 Å². The van der Waals surface area contributed by atoms with Gasteiger partial charge in [0.25, 0.3) is 5.69 Å². The van der Waals surface area contributed by atoms with Crippen LogP contribution >= 0.6 is 11.6 Å². The van der Waals surface area contributed by atoms with Gasteiger partial charge in [-0.3, -0.25) is 19.2 Å². The first-order valence-corrected chi connectivity index (χ1v) is 10.2. The Kier molecular flexibility index (Phi) is 6.47. The lowest BCUT2D eigenvalue weighted by molar-refractivity contribution is -0.384. The Morgan fingerprint density at radius 1 is 1.29 bits per heavy atom. The molecule has 9 nitrogen and oxygen atoms in total. The summed E-state index contributed by atoms with van der Waals surface area (Å²) in [7, 11) is -2.40. The highest BCUT2D eigenvalue weighted by Crippen LogP contribution is 2.29. The molecule has 11 heteroatoms. The number of hydrogen-bond acceptors (Lipinski definition) is 6. The first kappa shape index (κ1) is 21.5. The van der Waals surface area contributed by atoms with Crippen LogP contribution in [0.25, 0.3) is 0 Å². The summed E-state index contributed by atoms with van der Waals surface area (Å²) in [6, 6.07) is 8.63. The number of nitrogens with one attached hydrogen (secondary N) is 1. The Balaban J connectivity index is 2.37. The van der Waals surface area contributed by atoms with Gasteiger partial charge in [-0.15, -0.1) is 0 Å². The maximum Gasteiger partial charge on any atom is 0.271 e. The van der Waals surface area contributed by atoms with Crippen LogP contribution in [0.3, 0.4) is 0 Å². The first-order chi connectivity index (χ1) is 13.0. The van der Waals surface area contributed by atoms with Gasteiger partial charge in [0.2, 0.25) is 15.9 Å². The fourth-order valence-electron chi connectivity index (χ4n) is 2.52. The summed E-state index contributed by atoms with van der Waals surface area (Å²) in [5.74, 6) is -0.295. The van der Waals surface area contributed by atoms with Gasteiger partial charge in [0.1, 0.15) is 11.8 Å². The van der Waals surface area contributed by atoms with Crippen LogP contribution in [0, 0.1) is 10.1 Å². The van der Waals surface area contributed by atoms with E-state index < -0.39 is 26.9 Å². The van der Waals surface area contributed by atoms with Crippen molar-refractivity contribution in [3.05, 3.63) is 57.6 Å². The van der Waals surface area contributed by atoms with Crippen LogP contribution in [0.2, 0.25) is 5.02 Å². The van der Waals surface area contributed by atoms with Crippen LogP contribution < -0.4 is 14.4 Å². The number of amides is 1. The highest BCUT2D eigenvalue weighted by molar-refractivity contribution is 7.92. The topological polar surface area (TPSA) is 119 Å². The van der Waals surface area contributed by atoms with E-state index in [1.54, 1.807) is 12.1 Å². The van der Waals surface area contributed by atoms with E-state index in [0.29, 0.717) is 5.75 Å². The summed E-state index contributed by atoms with van der Waals surface area (Å²) in [5.41, 5.74) is -0.0263. The summed E-state index contributed by atoms with van der Waals surface area (Å²) >= 11 is 5.99. The van der Waals surface area contributed by atoms with Crippen molar-refractivity contribution in [1.82, 2.24) is 0 Å². The van der Waals surface area contributed by atoms with Crippen molar-refractivity contribution < 1.29 is 22.9 Å². The number of halogens is 1. The van der Waals surface area contributed by atoms with Gasteiger partial charge in [0, 0.05) is 18.2 Å². The third kappa shape index (κ3) is 4.90. The zero-order chi connectivity index (χ0) is 21.1. The van der Waals surface area contributed by atoms with Crippen molar-refractivity contribution in [3.8, 4) is 5.75 Å². The van der Waals surface area contributed by atoms with Crippen molar-refractivity contribution >= 4 is 44.6 Å². The highest BCUT2D eigenvalue weighted by Gasteiger charge is 2.30. The van der Waals surface area contributed by atoms with Gasteiger partial charge in [0.15, 0.2) is 0 Å². The van der Waals surface area contributed by atoms with Crippen LogP contribution in [0.4, 0.5) is 17.1 Å². The lowest BCUT2D eigenvalue weighted by Crippen LogP contribution is -2.45. The fourth-order valence-corrected chi connectivity index (χ4v) is 3.85. The molecule has 150 valence electrons. The second kappa shape index (κ2) is 8.44. The average molecular weight is 428 g/mol. The SMILES string of the molecule is COc1cccc(N([C@H](C)C(=O)Nc2cc([N+](=O)[O-])ccc2Cl)S(C)(=O)=O)c1. The number of carbonyl (C=O) groups excluding carboxylic acids is 1. The molecular formula is C17H18ClN3O6S. The van der Waals surface area contributed by atoms with Crippen LogP contribution in [0.5, 0.6) is 5.75 Å². The third-order valence-corrected chi connectivity index (χ3v) is 5.39. The molecule has 0 aliphatic rings. The molecule has 0 aliphatic carbocycles. The van der Waals surface area contributed by atoms with E-state index in [-0.39, 0.29) is 22.1 Å². The molecule has 1 N–H and O–H groups in total. The van der Waals surface area contributed by atoms with E-state index in [1.165, 1.54) is 38.3 Å². The lowest BCUT2D eigenvalue weighted by atomic mass is 10.2. The number of nitrogens with zero attached hydrogens (tertiary/aromatic N) is 2. The summed E-state index contributed by atoms with van der Waals surface area (Å²) in [4.78, 5) is 23.0. The summed E-state index contributed by atoms with van der Waals surface area (Å²) in [6.07, 6.45) is 0.969. The molecule has 2 rings (SSSR count). The largest absolute Gasteiger partial charge is 0.497 e. The fraction of sp³-hybridized carbons (Fsp3) is 0.235. The number of non-ortho nitro benzene ring substituents is 1. The number of ether oxygens (including phenoxy) is 1. The second-order valence-corrected chi connectivity index (χ2v) is 8.11. The quantitative estimate of drug-likeness (QED) is 0.535. The maximum absolute atomic E-state index is 12.7. The second-order valence-electron chi connectivity index (χ2n) is 5.85. The molecule has 0 aliphatic heterocycles. The molecule has 0 aromatic heterocycles.